The fraction of sp³-hybridized carbons (Fsp3) is 0.125. The summed E-state index contributed by atoms with van der Waals surface area (Å²) in [5.74, 6) is -0.380. The number of carbonyl (C=O) groups is 1. The van der Waals surface area contributed by atoms with E-state index in [1.165, 1.54) is 11.1 Å². The van der Waals surface area contributed by atoms with Gasteiger partial charge in [0.2, 0.25) is 9.70 Å². The molecule has 3 nitrogen and oxygen atoms in total. The fourth-order valence-corrected chi connectivity index (χ4v) is 2.67. The Morgan fingerprint density at radius 1 is 0.806 bits per heavy atom. The van der Waals surface area contributed by atoms with Gasteiger partial charge in [0.1, 0.15) is 0 Å². The largest absolute Gasteiger partial charge is 0.398 e. The summed E-state index contributed by atoms with van der Waals surface area (Å²) in [5, 5.41) is 2.66. The molecule has 0 spiro atoms. The summed E-state index contributed by atoms with van der Waals surface area (Å²) in [7, 11) is 0. The molecule has 0 unspecified atom stereocenters. The van der Waals surface area contributed by atoms with Crippen LogP contribution >= 0.6 is 34.8 Å². The van der Waals surface area contributed by atoms with Crippen LogP contribution in [0.4, 0.5) is 0 Å². The SMILES string of the molecule is B.N/C(=C\C(=O)NCCc1ccccc1)C(Cl)(Cl)Cl.c1ccc(-c2ccccc2)cc1. The van der Waals surface area contributed by atoms with E-state index in [9.17, 15) is 4.79 Å². The van der Waals surface area contributed by atoms with E-state index in [0.29, 0.717) is 6.54 Å². The number of hydrogen-bond donors (Lipinski definition) is 2. The summed E-state index contributed by atoms with van der Waals surface area (Å²) in [6.45, 7) is 0.493. The van der Waals surface area contributed by atoms with Crippen LogP contribution in [-0.4, -0.2) is 24.7 Å². The van der Waals surface area contributed by atoms with Crippen LogP contribution in [-0.2, 0) is 11.2 Å². The third-order valence-corrected chi connectivity index (χ3v) is 4.71. The molecular weight excluding hydrogens is 449 g/mol. The normalized spacial score (nSPS) is 10.9. The Morgan fingerprint density at radius 3 is 1.65 bits per heavy atom. The maximum atomic E-state index is 11.4. The van der Waals surface area contributed by atoms with Crippen LogP contribution in [0.25, 0.3) is 11.1 Å². The van der Waals surface area contributed by atoms with Gasteiger partial charge in [-0.2, -0.15) is 0 Å². The molecule has 3 aromatic rings. The van der Waals surface area contributed by atoms with Gasteiger partial charge in [0.25, 0.3) is 0 Å². The van der Waals surface area contributed by atoms with Crippen molar-refractivity contribution in [3.05, 3.63) is 108 Å². The first kappa shape index (κ1) is 26.6. The second kappa shape index (κ2) is 13.8. The van der Waals surface area contributed by atoms with Crippen LogP contribution in [0.5, 0.6) is 0 Å². The Balaban J connectivity index is 0.000000321. The van der Waals surface area contributed by atoms with Crippen molar-refractivity contribution in [1.82, 2.24) is 5.32 Å². The minimum Gasteiger partial charge on any atom is -0.398 e. The van der Waals surface area contributed by atoms with Gasteiger partial charge in [-0.15, -0.1) is 0 Å². The van der Waals surface area contributed by atoms with E-state index in [0.717, 1.165) is 18.1 Å². The van der Waals surface area contributed by atoms with Crippen molar-refractivity contribution in [3.8, 4) is 11.1 Å². The predicted molar refractivity (Wildman–Crippen MR) is 138 cm³/mol. The molecule has 31 heavy (non-hydrogen) atoms. The lowest BCUT2D eigenvalue weighted by atomic mass is 10.1. The summed E-state index contributed by atoms with van der Waals surface area (Å²) in [6.07, 6.45) is 1.81. The molecule has 3 aromatic carbocycles. The molecule has 0 fully saturated rings. The monoisotopic (exact) mass is 474 g/mol. The van der Waals surface area contributed by atoms with Gasteiger partial charge < -0.3 is 11.1 Å². The number of nitrogens with two attached hydrogens (primary N) is 1. The third-order valence-electron chi connectivity index (χ3n) is 4.05. The van der Waals surface area contributed by atoms with Crippen molar-refractivity contribution in [2.24, 2.45) is 5.73 Å². The molecule has 7 heteroatoms. The van der Waals surface area contributed by atoms with Gasteiger partial charge in [-0.3, -0.25) is 4.79 Å². The van der Waals surface area contributed by atoms with Crippen molar-refractivity contribution in [1.29, 1.82) is 0 Å². The number of carbonyl (C=O) groups excluding carboxylic acids is 1. The molecule has 3 N–H and O–H groups in total. The quantitative estimate of drug-likeness (QED) is 0.319. The Labute approximate surface area is 200 Å². The van der Waals surface area contributed by atoms with Gasteiger partial charge in [0, 0.05) is 12.6 Å². The molecule has 0 heterocycles. The van der Waals surface area contributed by atoms with E-state index in [-0.39, 0.29) is 20.0 Å². The van der Waals surface area contributed by atoms with Crippen molar-refractivity contribution in [3.63, 3.8) is 0 Å². The number of hydrogen-bond acceptors (Lipinski definition) is 2. The van der Waals surface area contributed by atoms with E-state index in [2.05, 4.69) is 53.8 Å². The topological polar surface area (TPSA) is 55.1 Å². The second-order valence-corrected chi connectivity index (χ2v) is 8.64. The standard InChI is InChI=1S/C12H13Cl3N2O.C12H10.BH3/c13-12(14,15)10(16)8-11(18)17-7-6-9-4-2-1-3-5-9;1-3-7-11(8-4-1)12-9-5-2-6-10-12;/h1-5,8H,6-7,16H2,(H,17,18);1-10H;1H3/b10-8-;;. The first-order valence-corrected chi connectivity index (χ1v) is 10.5. The van der Waals surface area contributed by atoms with Crippen LogP contribution in [0.15, 0.2) is 103 Å². The average Bonchev–Trinajstić information content (AvgIpc) is 2.75. The Kier molecular flexibility index (Phi) is 11.9. The molecule has 0 aromatic heterocycles. The Bertz CT molecular complexity index is 894. The molecule has 0 atom stereocenters. The highest BCUT2D eigenvalue weighted by Crippen LogP contribution is 2.31. The minimum absolute atomic E-state index is 0. The summed E-state index contributed by atoms with van der Waals surface area (Å²) in [6, 6.07) is 30.6. The first-order valence-electron chi connectivity index (χ1n) is 9.33. The molecule has 162 valence electrons. The van der Waals surface area contributed by atoms with Gasteiger partial charge in [0.15, 0.2) is 0 Å². The maximum Gasteiger partial charge on any atom is 0.245 e. The average molecular weight is 476 g/mol. The molecule has 0 saturated carbocycles. The first-order chi connectivity index (χ1) is 14.4. The summed E-state index contributed by atoms with van der Waals surface area (Å²) < 4.78 is -1.75. The van der Waals surface area contributed by atoms with Gasteiger partial charge in [-0.1, -0.05) is 126 Å². The van der Waals surface area contributed by atoms with Crippen LogP contribution in [0, 0.1) is 0 Å². The molecule has 0 bridgehead atoms. The number of alkyl halides is 3. The zero-order valence-corrected chi connectivity index (χ0v) is 18.5. The minimum atomic E-state index is -1.75. The number of allylic oxidation sites excluding steroid dienone is 1. The highest BCUT2D eigenvalue weighted by atomic mass is 35.6. The number of benzene rings is 3. The van der Waals surface area contributed by atoms with Gasteiger partial charge in [0.05, 0.1) is 14.1 Å². The number of nitrogens with one attached hydrogen (secondary N) is 1. The lowest BCUT2D eigenvalue weighted by molar-refractivity contribution is -0.116. The molecule has 0 aliphatic heterocycles. The fourth-order valence-electron chi connectivity index (χ4n) is 2.51. The third kappa shape index (κ3) is 10.5. The molecule has 3 rings (SSSR count). The van der Waals surface area contributed by atoms with Crippen LogP contribution in [0.2, 0.25) is 0 Å². The lowest BCUT2D eigenvalue weighted by Crippen LogP contribution is -2.26. The molecule has 0 saturated heterocycles. The van der Waals surface area contributed by atoms with Crippen molar-refractivity contribution < 1.29 is 4.79 Å². The molecule has 0 radical (unpaired) electrons. The van der Waals surface area contributed by atoms with E-state index < -0.39 is 3.79 Å². The van der Waals surface area contributed by atoms with Crippen LogP contribution in [0.1, 0.15) is 5.56 Å². The summed E-state index contributed by atoms with van der Waals surface area (Å²) >= 11 is 16.5. The van der Waals surface area contributed by atoms with E-state index in [1.807, 2.05) is 42.5 Å². The lowest BCUT2D eigenvalue weighted by Gasteiger charge is -2.10. The number of rotatable bonds is 5. The summed E-state index contributed by atoms with van der Waals surface area (Å²) in [4.78, 5) is 11.4. The number of amides is 1. The summed E-state index contributed by atoms with van der Waals surface area (Å²) in [5.41, 5.74) is 9.02. The molecule has 0 aliphatic carbocycles. The zero-order valence-electron chi connectivity index (χ0n) is 16.3. The van der Waals surface area contributed by atoms with Gasteiger partial charge in [-0.25, -0.2) is 0 Å². The van der Waals surface area contributed by atoms with Crippen LogP contribution < -0.4 is 11.1 Å². The van der Waals surface area contributed by atoms with Gasteiger partial charge in [-0.05, 0) is 23.1 Å². The van der Waals surface area contributed by atoms with Crippen molar-refractivity contribution >= 4 is 49.1 Å². The molecule has 0 aliphatic rings. The smallest absolute Gasteiger partial charge is 0.245 e. The Morgan fingerprint density at radius 2 is 1.23 bits per heavy atom. The highest BCUT2D eigenvalue weighted by Gasteiger charge is 2.23. The predicted octanol–water partition coefficient (Wildman–Crippen LogP) is 4.73. The number of halogens is 3. The van der Waals surface area contributed by atoms with E-state index in [1.54, 1.807) is 0 Å². The van der Waals surface area contributed by atoms with Crippen molar-refractivity contribution in [2.45, 2.75) is 10.2 Å². The zero-order chi connectivity index (χ0) is 21.8. The van der Waals surface area contributed by atoms with Crippen LogP contribution in [0.3, 0.4) is 0 Å². The Hall–Kier alpha value is -2.40. The maximum absolute atomic E-state index is 11.4. The highest BCUT2D eigenvalue weighted by molar-refractivity contribution is 6.69. The van der Waals surface area contributed by atoms with E-state index in [4.69, 9.17) is 40.5 Å². The molecular formula is C24H26BCl3N2O. The second-order valence-electron chi connectivity index (χ2n) is 6.36. The van der Waals surface area contributed by atoms with Crippen molar-refractivity contribution in [2.75, 3.05) is 6.54 Å². The van der Waals surface area contributed by atoms with Gasteiger partial charge >= 0.3 is 0 Å². The van der Waals surface area contributed by atoms with E-state index >= 15 is 0 Å². The molecule has 1 amide bonds.